The van der Waals surface area contributed by atoms with E-state index >= 15 is 0 Å². The van der Waals surface area contributed by atoms with Crippen LogP contribution in [-0.2, 0) is 0 Å². The maximum atomic E-state index is 12.2. The minimum Gasteiger partial charge on any atom is -0.298 e. The van der Waals surface area contributed by atoms with Crippen LogP contribution in [0.5, 0.6) is 0 Å². The molecular formula is C14H7BrO2. The van der Waals surface area contributed by atoms with Crippen LogP contribution in [0.3, 0.4) is 0 Å². The number of ketones is 1. The minimum atomic E-state index is -0.0646. The highest BCUT2D eigenvalue weighted by molar-refractivity contribution is 9.10. The molecule has 3 heteroatoms. The molecule has 0 aromatic heterocycles. The molecule has 3 rings (SSSR count). The molecule has 1 aliphatic rings. The Morgan fingerprint density at radius 2 is 1.71 bits per heavy atom. The molecule has 0 spiro atoms. The number of fused-ring (bicyclic) bond motifs is 3. The van der Waals surface area contributed by atoms with Crippen molar-refractivity contribution in [1.29, 1.82) is 0 Å². The summed E-state index contributed by atoms with van der Waals surface area (Å²) >= 11 is 3.36. The lowest BCUT2D eigenvalue weighted by molar-refractivity contribution is 0.103. The Morgan fingerprint density at radius 1 is 1.00 bits per heavy atom. The molecule has 0 radical (unpaired) electrons. The summed E-state index contributed by atoms with van der Waals surface area (Å²) in [7, 11) is 0. The number of carbonyl (C=O) groups excluding carboxylic acids is 2. The van der Waals surface area contributed by atoms with Gasteiger partial charge in [0.2, 0.25) is 0 Å². The van der Waals surface area contributed by atoms with Crippen molar-refractivity contribution < 1.29 is 9.59 Å². The van der Waals surface area contributed by atoms with Crippen LogP contribution in [0.25, 0.3) is 11.1 Å². The van der Waals surface area contributed by atoms with Crippen LogP contribution in [-0.4, -0.2) is 12.1 Å². The van der Waals surface area contributed by atoms with Gasteiger partial charge >= 0.3 is 0 Å². The molecule has 0 atom stereocenters. The van der Waals surface area contributed by atoms with Crippen molar-refractivity contribution in [1.82, 2.24) is 0 Å². The molecule has 0 unspecified atom stereocenters. The highest BCUT2D eigenvalue weighted by atomic mass is 79.9. The van der Waals surface area contributed by atoms with E-state index in [4.69, 9.17) is 0 Å². The first-order valence-electron chi connectivity index (χ1n) is 5.15. The fourth-order valence-corrected chi connectivity index (χ4v) is 2.71. The average molecular weight is 287 g/mol. The van der Waals surface area contributed by atoms with E-state index in [1.807, 2.05) is 24.3 Å². The van der Waals surface area contributed by atoms with Crippen molar-refractivity contribution in [2.45, 2.75) is 0 Å². The third kappa shape index (κ3) is 1.39. The molecule has 0 N–H and O–H groups in total. The van der Waals surface area contributed by atoms with Crippen LogP contribution in [0.4, 0.5) is 0 Å². The van der Waals surface area contributed by atoms with E-state index in [9.17, 15) is 9.59 Å². The minimum absolute atomic E-state index is 0.0646. The molecule has 0 saturated heterocycles. The van der Waals surface area contributed by atoms with Gasteiger partial charge in [0.25, 0.3) is 0 Å². The van der Waals surface area contributed by atoms with Gasteiger partial charge in [-0.15, -0.1) is 0 Å². The maximum absolute atomic E-state index is 12.2. The smallest absolute Gasteiger partial charge is 0.194 e. The van der Waals surface area contributed by atoms with Gasteiger partial charge < -0.3 is 0 Å². The Bertz CT molecular complexity index is 659. The first-order chi connectivity index (χ1) is 8.22. The summed E-state index contributed by atoms with van der Waals surface area (Å²) in [6.45, 7) is 0. The molecule has 2 aromatic carbocycles. The number of rotatable bonds is 1. The van der Waals surface area contributed by atoms with Crippen LogP contribution >= 0.6 is 15.9 Å². The van der Waals surface area contributed by atoms with E-state index in [1.54, 1.807) is 12.1 Å². The Morgan fingerprint density at radius 3 is 2.41 bits per heavy atom. The summed E-state index contributed by atoms with van der Waals surface area (Å²) in [6, 6.07) is 11.0. The lowest BCUT2D eigenvalue weighted by Crippen LogP contribution is -2.00. The molecule has 17 heavy (non-hydrogen) atoms. The largest absolute Gasteiger partial charge is 0.298 e. The third-order valence-electron chi connectivity index (χ3n) is 2.95. The van der Waals surface area contributed by atoms with Crippen molar-refractivity contribution in [3.63, 3.8) is 0 Å². The molecule has 0 heterocycles. The van der Waals surface area contributed by atoms with Gasteiger partial charge in [0.05, 0.1) is 0 Å². The predicted octanol–water partition coefficient (Wildman–Crippen LogP) is 3.47. The Hall–Kier alpha value is -1.74. The Labute approximate surface area is 106 Å². The van der Waals surface area contributed by atoms with E-state index in [0.29, 0.717) is 16.7 Å². The topological polar surface area (TPSA) is 34.1 Å². The number of aldehydes is 1. The van der Waals surface area contributed by atoms with Crippen molar-refractivity contribution >= 4 is 28.0 Å². The summed E-state index contributed by atoms with van der Waals surface area (Å²) < 4.78 is 0.808. The van der Waals surface area contributed by atoms with Crippen LogP contribution < -0.4 is 0 Å². The Kier molecular flexibility index (Phi) is 2.23. The predicted molar refractivity (Wildman–Crippen MR) is 68.4 cm³/mol. The molecule has 2 aromatic rings. The second-order valence-electron chi connectivity index (χ2n) is 3.91. The maximum Gasteiger partial charge on any atom is 0.194 e. The van der Waals surface area contributed by atoms with Crippen molar-refractivity contribution in [2.75, 3.05) is 0 Å². The molecule has 82 valence electrons. The molecule has 0 bridgehead atoms. The molecule has 1 aliphatic carbocycles. The molecule has 0 saturated carbocycles. The van der Waals surface area contributed by atoms with Gasteiger partial charge in [-0.3, -0.25) is 9.59 Å². The molecule has 0 fully saturated rings. The zero-order valence-electron chi connectivity index (χ0n) is 8.74. The molecular weight excluding hydrogens is 280 g/mol. The van der Waals surface area contributed by atoms with Crippen LogP contribution in [0.15, 0.2) is 40.9 Å². The summed E-state index contributed by atoms with van der Waals surface area (Å²) in [5, 5.41) is 0. The van der Waals surface area contributed by atoms with Crippen molar-refractivity contribution in [3.8, 4) is 11.1 Å². The van der Waals surface area contributed by atoms with Gasteiger partial charge in [-0.1, -0.05) is 40.2 Å². The molecule has 0 aliphatic heterocycles. The molecule has 0 amide bonds. The Balaban J connectivity index is 2.42. The van der Waals surface area contributed by atoms with Gasteiger partial charge in [-0.25, -0.2) is 0 Å². The van der Waals surface area contributed by atoms with Crippen molar-refractivity contribution in [3.05, 3.63) is 57.6 Å². The van der Waals surface area contributed by atoms with E-state index in [0.717, 1.165) is 21.9 Å². The van der Waals surface area contributed by atoms with Gasteiger partial charge in [-0.2, -0.15) is 0 Å². The van der Waals surface area contributed by atoms with E-state index in [-0.39, 0.29) is 5.78 Å². The van der Waals surface area contributed by atoms with E-state index in [1.165, 1.54) is 0 Å². The fourth-order valence-electron chi connectivity index (χ4n) is 2.24. The number of benzene rings is 2. The second kappa shape index (κ2) is 3.64. The number of hydrogen-bond acceptors (Lipinski definition) is 2. The lowest BCUT2D eigenvalue weighted by atomic mass is 10.0. The quantitative estimate of drug-likeness (QED) is 0.642. The fraction of sp³-hybridized carbons (Fsp3) is 0. The van der Waals surface area contributed by atoms with Crippen molar-refractivity contribution in [2.24, 2.45) is 0 Å². The van der Waals surface area contributed by atoms with Gasteiger partial charge in [0, 0.05) is 21.2 Å². The zero-order valence-corrected chi connectivity index (χ0v) is 10.3. The number of halogens is 1. The van der Waals surface area contributed by atoms with E-state index < -0.39 is 0 Å². The van der Waals surface area contributed by atoms with Gasteiger partial charge in [0.15, 0.2) is 12.1 Å². The number of carbonyl (C=O) groups is 2. The van der Waals surface area contributed by atoms with Crippen LogP contribution in [0.1, 0.15) is 26.3 Å². The normalized spacial score (nSPS) is 12.2. The first kappa shape index (κ1) is 10.4. The van der Waals surface area contributed by atoms with Gasteiger partial charge in [0.1, 0.15) is 0 Å². The van der Waals surface area contributed by atoms with Crippen LogP contribution in [0.2, 0.25) is 0 Å². The average Bonchev–Trinajstić information content (AvgIpc) is 2.63. The SMILES string of the molecule is O=Cc1cc(Br)cc2c1C(=O)c1ccccc1-2. The summed E-state index contributed by atoms with van der Waals surface area (Å²) in [5.41, 5.74) is 3.36. The summed E-state index contributed by atoms with van der Waals surface area (Å²) in [5.74, 6) is -0.0646. The standard InChI is InChI=1S/C14H7BrO2/c15-9-5-8(7-16)13-12(6-9)10-3-1-2-4-11(10)14(13)17/h1-7H. The number of hydrogen-bond donors (Lipinski definition) is 0. The van der Waals surface area contributed by atoms with Gasteiger partial charge in [-0.05, 0) is 23.3 Å². The lowest BCUT2D eigenvalue weighted by Gasteiger charge is -2.03. The summed E-state index contributed by atoms with van der Waals surface area (Å²) in [4.78, 5) is 23.2. The highest BCUT2D eigenvalue weighted by Gasteiger charge is 2.28. The molecule has 2 nitrogen and oxygen atoms in total. The monoisotopic (exact) mass is 286 g/mol. The summed E-state index contributed by atoms with van der Waals surface area (Å²) in [6.07, 6.45) is 0.730. The van der Waals surface area contributed by atoms with E-state index in [2.05, 4.69) is 15.9 Å². The third-order valence-corrected chi connectivity index (χ3v) is 3.41. The second-order valence-corrected chi connectivity index (χ2v) is 4.83. The zero-order chi connectivity index (χ0) is 12.0. The first-order valence-corrected chi connectivity index (χ1v) is 5.94. The highest BCUT2D eigenvalue weighted by Crippen LogP contribution is 2.39. The van der Waals surface area contributed by atoms with Crippen LogP contribution in [0, 0.1) is 0 Å².